The van der Waals surface area contributed by atoms with Gasteiger partial charge in [0, 0.05) is 24.1 Å². The normalized spacial score (nSPS) is 10.5. The van der Waals surface area contributed by atoms with Gasteiger partial charge < -0.3 is 10.1 Å². The maximum absolute atomic E-state index is 12.1. The number of ether oxygens (including phenoxy) is 1. The average molecular weight is 519 g/mol. The number of anilines is 1. The number of hydrogen-bond acceptors (Lipinski definition) is 5. The minimum absolute atomic E-state index is 0.0235. The molecule has 3 rings (SSSR count). The fourth-order valence-corrected chi connectivity index (χ4v) is 3.52. The first kappa shape index (κ1) is 24.7. The van der Waals surface area contributed by atoms with Crippen molar-refractivity contribution in [3.8, 4) is 11.8 Å². The van der Waals surface area contributed by atoms with E-state index in [9.17, 15) is 14.9 Å². The SMILES string of the molecule is Cc1ccccc1NC(=O)CCC(=O)NN=Cc1ccc(OCc2ccccc2C#N)c(Br)c1. The predicted octanol–water partition coefficient (Wildman–Crippen LogP) is 5.08. The van der Waals surface area contributed by atoms with Gasteiger partial charge in [-0.05, 0) is 64.3 Å². The van der Waals surface area contributed by atoms with E-state index in [1.54, 1.807) is 24.3 Å². The van der Waals surface area contributed by atoms with Crippen molar-refractivity contribution < 1.29 is 14.3 Å². The summed E-state index contributed by atoms with van der Waals surface area (Å²) in [5, 5.41) is 15.9. The summed E-state index contributed by atoms with van der Waals surface area (Å²) in [7, 11) is 0. The van der Waals surface area contributed by atoms with Gasteiger partial charge >= 0.3 is 0 Å². The molecule has 0 atom stereocenters. The summed E-state index contributed by atoms with van der Waals surface area (Å²) in [5.41, 5.74) is 6.24. The largest absolute Gasteiger partial charge is 0.488 e. The number of rotatable bonds is 9. The van der Waals surface area contributed by atoms with E-state index in [4.69, 9.17) is 4.74 Å². The number of benzene rings is 3. The Bertz CT molecular complexity index is 1250. The van der Waals surface area contributed by atoms with Crippen LogP contribution in [0.15, 0.2) is 76.3 Å². The minimum atomic E-state index is -0.355. The van der Waals surface area contributed by atoms with Crippen LogP contribution in [0.25, 0.3) is 0 Å². The first-order valence-corrected chi connectivity index (χ1v) is 11.3. The Labute approximate surface area is 206 Å². The molecule has 7 nitrogen and oxygen atoms in total. The van der Waals surface area contributed by atoms with Crippen LogP contribution in [0.4, 0.5) is 5.69 Å². The second-order valence-corrected chi connectivity index (χ2v) is 8.26. The van der Waals surface area contributed by atoms with Gasteiger partial charge in [0.15, 0.2) is 0 Å². The van der Waals surface area contributed by atoms with Crippen LogP contribution in [0, 0.1) is 18.3 Å². The highest BCUT2D eigenvalue weighted by molar-refractivity contribution is 9.10. The van der Waals surface area contributed by atoms with Gasteiger partial charge in [0.1, 0.15) is 12.4 Å². The molecule has 3 aromatic rings. The summed E-state index contributed by atoms with van der Waals surface area (Å²) in [6.45, 7) is 2.17. The van der Waals surface area contributed by atoms with E-state index in [0.717, 1.165) is 22.4 Å². The lowest BCUT2D eigenvalue weighted by molar-refractivity contribution is -0.124. The summed E-state index contributed by atoms with van der Waals surface area (Å²) in [6, 6.07) is 22.2. The van der Waals surface area contributed by atoms with Crippen molar-refractivity contribution in [2.75, 3.05) is 5.32 Å². The molecule has 0 heterocycles. The second kappa shape index (κ2) is 12.3. The van der Waals surface area contributed by atoms with Crippen molar-refractivity contribution in [3.05, 3.63) is 93.5 Å². The number of hydrazone groups is 1. The maximum Gasteiger partial charge on any atom is 0.240 e. The summed E-state index contributed by atoms with van der Waals surface area (Å²) in [4.78, 5) is 24.0. The van der Waals surface area contributed by atoms with E-state index in [1.165, 1.54) is 6.21 Å². The third kappa shape index (κ3) is 7.29. The van der Waals surface area contributed by atoms with Gasteiger partial charge in [0.05, 0.1) is 22.3 Å². The molecule has 0 spiro atoms. The second-order valence-electron chi connectivity index (χ2n) is 7.40. The van der Waals surface area contributed by atoms with Gasteiger partial charge in [-0.2, -0.15) is 10.4 Å². The number of carbonyl (C=O) groups is 2. The number of nitrogens with one attached hydrogen (secondary N) is 2. The smallest absolute Gasteiger partial charge is 0.240 e. The minimum Gasteiger partial charge on any atom is -0.488 e. The van der Waals surface area contributed by atoms with E-state index < -0.39 is 0 Å². The molecule has 0 aliphatic rings. The molecule has 0 aromatic heterocycles. The Balaban J connectivity index is 1.45. The fourth-order valence-electron chi connectivity index (χ4n) is 3.01. The van der Waals surface area contributed by atoms with E-state index in [1.807, 2.05) is 49.4 Å². The van der Waals surface area contributed by atoms with Crippen LogP contribution in [-0.2, 0) is 16.2 Å². The third-order valence-corrected chi connectivity index (χ3v) is 5.50. The third-order valence-electron chi connectivity index (χ3n) is 4.88. The average Bonchev–Trinajstić information content (AvgIpc) is 2.84. The molecule has 0 aliphatic carbocycles. The maximum atomic E-state index is 12.1. The molecular formula is C26H23BrN4O3. The number of nitrogens with zero attached hydrogens (tertiary/aromatic N) is 2. The van der Waals surface area contributed by atoms with Crippen molar-refractivity contribution in [1.29, 1.82) is 5.26 Å². The molecule has 8 heteroatoms. The zero-order valence-corrected chi connectivity index (χ0v) is 20.1. The molecule has 0 saturated heterocycles. The molecule has 0 bridgehead atoms. The molecule has 172 valence electrons. The lowest BCUT2D eigenvalue weighted by atomic mass is 10.1. The number of aryl methyl sites for hydroxylation is 1. The Morgan fingerprint density at radius 3 is 2.56 bits per heavy atom. The van der Waals surface area contributed by atoms with Gasteiger partial charge in [-0.1, -0.05) is 36.4 Å². The lowest BCUT2D eigenvalue weighted by Gasteiger charge is -2.10. The predicted molar refractivity (Wildman–Crippen MR) is 134 cm³/mol. The molecule has 0 unspecified atom stereocenters. The van der Waals surface area contributed by atoms with Gasteiger partial charge in [-0.3, -0.25) is 9.59 Å². The van der Waals surface area contributed by atoms with Crippen molar-refractivity contribution in [3.63, 3.8) is 0 Å². The van der Waals surface area contributed by atoms with E-state index >= 15 is 0 Å². The molecule has 2 amide bonds. The number of carbonyl (C=O) groups excluding carboxylic acids is 2. The number of amides is 2. The molecule has 0 aliphatic heterocycles. The Morgan fingerprint density at radius 1 is 1.06 bits per heavy atom. The van der Waals surface area contributed by atoms with Crippen LogP contribution in [0.2, 0.25) is 0 Å². The highest BCUT2D eigenvalue weighted by Crippen LogP contribution is 2.26. The summed E-state index contributed by atoms with van der Waals surface area (Å²) >= 11 is 3.47. The molecule has 3 aromatic carbocycles. The van der Waals surface area contributed by atoms with Crippen LogP contribution in [0.3, 0.4) is 0 Å². The molecule has 0 radical (unpaired) electrons. The molecule has 2 N–H and O–H groups in total. The Hall–Kier alpha value is -3.96. The number of hydrogen-bond donors (Lipinski definition) is 2. The zero-order chi connectivity index (χ0) is 24.3. The Kier molecular flexibility index (Phi) is 8.95. The standard InChI is InChI=1S/C26H23BrN4O3/c1-18-6-2-5-9-23(18)30-25(32)12-13-26(33)31-29-16-19-10-11-24(22(27)14-19)34-17-21-8-4-3-7-20(21)15-28/h2-11,14,16H,12-13,17H2,1H3,(H,30,32)(H,31,33). The van der Waals surface area contributed by atoms with Crippen LogP contribution in [0.1, 0.15) is 35.1 Å². The zero-order valence-electron chi connectivity index (χ0n) is 18.5. The van der Waals surface area contributed by atoms with Gasteiger partial charge in [-0.25, -0.2) is 5.43 Å². The summed E-state index contributed by atoms with van der Waals surface area (Å²) < 4.78 is 6.53. The van der Waals surface area contributed by atoms with Crippen molar-refractivity contribution >= 4 is 39.6 Å². The quantitative estimate of drug-likeness (QED) is 0.304. The molecule has 34 heavy (non-hydrogen) atoms. The van der Waals surface area contributed by atoms with Crippen LogP contribution < -0.4 is 15.5 Å². The van der Waals surface area contributed by atoms with Crippen molar-refractivity contribution in [1.82, 2.24) is 5.43 Å². The van der Waals surface area contributed by atoms with Crippen molar-refractivity contribution in [2.45, 2.75) is 26.4 Å². The fraction of sp³-hybridized carbons (Fsp3) is 0.154. The van der Waals surface area contributed by atoms with Crippen molar-refractivity contribution in [2.24, 2.45) is 5.10 Å². The number of para-hydroxylation sites is 1. The van der Waals surface area contributed by atoms with E-state index in [0.29, 0.717) is 15.8 Å². The lowest BCUT2D eigenvalue weighted by Crippen LogP contribution is -2.20. The summed E-state index contributed by atoms with van der Waals surface area (Å²) in [6.07, 6.45) is 1.59. The van der Waals surface area contributed by atoms with Gasteiger partial charge in [0.2, 0.25) is 11.8 Å². The van der Waals surface area contributed by atoms with Crippen LogP contribution in [0.5, 0.6) is 5.75 Å². The molecule has 0 fully saturated rings. The monoisotopic (exact) mass is 518 g/mol. The van der Waals surface area contributed by atoms with Crippen LogP contribution in [-0.4, -0.2) is 18.0 Å². The first-order valence-electron chi connectivity index (χ1n) is 10.5. The summed E-state index contributed by atoms with van der Waals surface area (Å²) in [5.74, 6) is 0.0327. The molecular weight excluding hydrogens is 496 g/mol. The number of nitriles is 1. The van der Waals surface area contributed by atoms with Crippen LogP contribution >= 0.6 is 15.9 Å². The highest BCUT2D eigenvalue weighted by atomic mass is 79.9. The first-order chi connectivity index (χ1) is 16.5. The van der Waals surface area contributed by atoms with E-state index in [-0.39, 0.29) is 31.3 Å². The van der Waals surface area contributed by atoms with Gasteiger partial charge in [0.25, 0.3) is 0 Å². The topological polar surface area (TPSA) is 104 Å². The Morgan fingerprint density at radius 2 is 1.79 bits per heavy atom. The number of halogens is 1. The molecule has 0 saturated carbocycles. The highest BCUT2D eigenvalue weighted by Gasteiger charge is 2.08. The van der Waals surface area contributed by atoms with E-state index in [2.05, 4.69) is 37.8 Å². The van der Waals surface area contributed by atoms with Gasteiger partial charge in [-0.15, -0.1) is 0 Å².